The molecule has 116 valence electrons. The minimum Gasteiger partial charge on any atom is -0.350 e. The predicted octanol–water partition coefficient (Wildman–Crippen LogP) is 2.88. The highest BCUT2D eigenvalue weighted by molar-refractivity contribution is 7.10. The molecule has 0 spiro atoms. The van der Waals surface area contributed by atoms with Crippen molar-refractivity contribution in [2.75, 3.05) is 0 Å². The van der Waals surface area contributed by atoms with Crippen molar-refractivity contribution in [1.82, 2.24) is 10.6 Å². The summed E-state index contributed by atoms with van der Waals surface area (Å²) in [5.41, 5.74) is 1.02. The first-order valence-electron chi connectivity index (χ1n) is 7.23. The first-order valence-corrected chi connectivity index (χ1v) is 8.11. The van der Waals surface area contributed by atoms with Crippen LogP contribution < -0.4 is 10.6 Å². The standard InChI is InChI=1S/C17H20N2O2S/c1-12(2)16(20)19-15(14-9-6-10-22-14)17(21)18-11-13-7-4-3-5-8-13/h3-10,12,15H,11H2,1-2H3,(H,18,21)(H,19,20). The molecule has 4 nitrogen and oxygen atoms in total. The maximum Gasteiger partial charge on any atom is 0.248 e. The van der Waals surface area contributed by atoms with E-state index in [-0.39, 0.29) is 17.7 Å². The second-order valence-electron chi connectivity index (χ2n) is 5.32. The van der Waals surface area contributed by atoms with E-state index in [4.69, 9.17) is 0 Å². The summed E-state index contributed by atoms with van der Waals surface area (Å²) >= 11 is 1.46. The first kappa shape index (κ1) is 16.2. The molecular weight excluding hydrogens is 296 g/mol. The van der Waals surface area contributed by atoms with Crippen LogP contribution in [0.3, 0.4) is 0 Å². The van der Waals surface area contributed by atoms with Gasteiger partial charge in [0.15, 0.2) is 0 Å². The van der Waals surface area contributed by atoms with Gasteiger partial charge in [0.1, 0.15) is 6.04 Å². The van der Waals surface area contributed by atoms with Crippen LogP contribution in [-0.2, 0) is 16.1 Å². The highest BCUT2D eigenvalue weighted by atomic mass is 32.1. The molecule has 1 aromatic heterocycles. The lowest BCUT2D eigenvalue weighted by Gasteiger charge is -2.18. The van der Waals surface area contributed by atoms with Crippen molar-refractivity contribution in [1.29, 1.82) is 0 Å². The molecule has 2 aromatic rings. The van der Waals surface area contributed by atoms with Gasteiger partial charge in [-0.2, -0.15) is 0 Å². The van der Waals surface area contributed by atoms with Gasteiger partial charge in [0.2, 0.25) is 11.8 Å². The van der Waals surface area contributed by atoms with Gasteiger partial charge in [0.05, 0.1) is 0 Å². The lowest BCUT2D eigenvalue weighted by molar-refractivity contribution is -0.130. The average Bonchev–Trinajstić information content (AvgIpc) is 3.05. The van der Waals surface area contributed by atoms with Gasteiger partial charge in [-0.15, -0.1) is 11.3 Å². The molecule has 0 aliphatic rings. The first-order chi connectivity index (χ1) is 10.6. The van der Waals surface area contributed by atoms with E-state index < -0.39 is 6.04 Å². The van der Waals surface area contributed by atoms with E-state index >= 15 is 0 Å². The molecule has 1 unspecified atom stereocenters. The maximum absolute atomic E-state index is 12.5. The topological polar surface area (TPSA) is 58.2 Å². The Bertz CT molecular complexity index is 609. The summed E-state index contributed by atoms with van der Waals surface area (Å²) < 4.78 is 0. The Kier molecular flexibility index (Phi) is 5.72. The molecule has 2 N–H and O–H groups in total. The summed E-state index contributed by atoms with van der Waals surface area (Å²) in [6.07, 6.45) is 0. The van der Waals surface area contributed by atoms with Crippen LogP contribution >= 0.6 is 11.3 Å². The number of rotatable bonds is 6. The summed E-state index contributed by atoms with van der Waals surface area (Å²) in [5.74, 6) is -0.488. The van der Waals surface area contributed by atoms with E-state index in [9.17, 15) is 9.59 Å². The molecule has 0 bridgehead atoms. The zero-order valence-corrected chi connectivity index (χ0v) is 13.5. The predicted molar refractivity (Wildman–Crippen MR) is 88.3 cm³/mol. The number of carbonyl (C=O) groups is 2. The third-order valence-electron chi connectivity index (χ3n) is 3.21. The quantitative estimate of drug-likeness (QED) is 0.861. The molecule has 1 heterocycles. The lowest BCUT2D eigenvalue weighted by Crippen LogP contribution is -2.41. The van der Waals surface area contributed by atoms with Crippen LogP contribution in [0.5, 0.6) is 0 Å². The number of amides is 2. The van der Waals surface area contributed by atoms with Gasteiger partial charge in [0, 0.05) is 17.3 Å². The molecule has 0 saturated heterocycles. The fourth-order valence-electron chi connectivity index (χ4n) is 1.92. The molecule has 0 radical (unpaired) electrons. The van der Waals surface area contributed by atoms with Crippen LogP contribution in [0.1, 0.15) is 30.3 Å². The van der Waals surface area contributed by atoms with Crippen molar-refractivity contribution in [2.24, 2.45) is 5.92 Å². The molecule has 1 atom stereocenters. The molecule has 1 aromatic carbocycles. The molecular formula is C17H20N2O2S. The molecule has 0 aliphatic heterocycles. The average molecular weight is 316 g/mol. The van der Waals surface area contributed by atoms with Crippen LogP contribution in [0.2, 0.25) is 0 Å². The van der Waals surface area contributed by atoms with E-state index in [1.807, 2.05) is 61.7 Å². The van der Waals surface area contributed by atoms with Crippen molar-refractivity contribution < 1.29 is 9.59 Å². The van der Waals surface area contributed by atoms with Crippen molar-refractivity contribution in [3.05, 3.63) is 58.3 Å². The summed E-state index contributed by atoms with van der Waals surface area (Å²) in [7, 11) is 0. The summed E-state index contributed by atoms with van der Waals surface area (Å²) in [4.78, 5) is 25.2. The Morgan fingerprint density at radius 1 is 1.05 bits per heavy atom. The lowest BCUT2D eigenvalue weighted by atomic mass is 10.1. The number of thiophene rings is 1. The van der Waals surface area contributed by atoms with Crippen LogP contribution in [-0.4, -0.2) is 11.8 Å². The molecule has 2 amide bonds. The van der Waals surface area contributed by atoms with E-state index in [2.05, 4.69) is 10.6 Å². The van der Waals surface area contributed by atoms with Crippen LogP contribution in [0.4, 0.5) is 0 Å². The Morgan fingerprint density at radius 3 is 2.36 bits per heavy atom. The monoisotopic (exact) mass is 316 g/mol. The van der Waals surface area contributed by atoms with Gasteiger partial charge in [-0.25, -0.2) is 0 Å². The highest BCUT2D eigenvalue weighted by Crippen LogP contribution is 2.20. The zero-order valence-electron chi connectivity index (χ0n) is 12.7. The fraction of sp³-hybridized carbons (Fsp3) is 0.294. The summed E-state index contributed by atoms with van der Waals surface area (Å²) in [6, 6.07) is 12.8. The molecule has 5 heteroatoms. The number of hydrogen-bond acceptors (Lipinski definition) is 3. The molecule has 22 heavy (non-hydrogen) atoms. The van der Waals surface area contributed by atoms with Gasteiger partial charge < -0.3 is 10.6 Å². The summed E-state index contributed by atoms with van der Waals surface area (Å²) in [6.45, 7) is 4.06. The molecule has 0 fully saturated rings. The third-order valence-corrected chi connectivity index (χ3v) is 4.15. The van der Waals surface area contributed by atoms with Gasteiger partial charge in [0.25, 0.3) is 0 Å². The van der Waals surface area contributed by atoms with Gasteiger partial charge in [-0.05, 0) is 17.0 Å². The Labute approximate surface area is 134 Å². The third kappa shape index (κ3) is 4.43. The van der Waals surface area contributed by atoms with Gasteiger partial charge >= 0.3 is 0 Å². The van der Waals surface area contributed by atoms with E-state index in [0.29, 0.717) is 6.54 Å². The molecule has 0 aliphatic carbocycles. The van der Waals surface area contributed by atoms with Gasteiger partial charge in [-0.1, -0.05) is 50.2 Å². The van der Waals surface area contributed by atoms with E-state index in [1.165, 1.54) is 11.3 Å². The van der Waals surface area contributed by atoms with E-state index in [0.717, 1.165) is 10.4 Å². The number of hydrogen-bond donors (Lipinski definition) is 2. The SMILES string of the molecule is CC(C)C(=O)NC(C(=O)NCc1ccccc1)c1cccs1. The Hall–Kier alpha value is -2.14. The number of carbonyl (C=O) groups excluding carboxylic acids is 2. The molecule has 2 rings (SSSR count). The fourth-order valence-corrected chi connectivity index (χ4v) is 2.69. The van der Waals surface area contributed by atoms with Crippen molar-refractivity contribution in [3.8, 4) is 0 Å². The maximum atomic E-state index is 12.5. The zero-order chi connectivity index (χ0) is 15.9. The van der Waals surface area contributed by atoms with Crippen molar-refractivity contribution in [2.45, 2.75) is 26.4 Å². The minimum absolute atomic E-state index is 0.131. The second-order valence-corrected chi connectivity index (χ2v) is 6.29. The van der Waals surface area contributed by atoms with Crippen molar-refractivity contribution >= 4 is 23.2 Å². The Balaban J connectivity index is 2.04. The van der Waals surface area contributed by atoms with Gasteiger partial charge in [-0.3, -0.25) is 9.59 Å². The molecule has 0 saturated carbocycles. The van der Waals surface area contributed by atoms with Crippen LogP contribution in [0.25, 0.3) is 0 Å². The summed E-state index contributed by atoms with van der Waals surface area (Å²) in [5, 5.41) is 7.60. The smallest absolute Gasteiger partial charge is 0.248 e. The number of nitrogens with one attached hydrogen (secondary N) is 2. The Morgan fingerprint density at radius 2 is 1.77 bits per heavy atom. The largest absolute Gasteiger partial charge is 0.350 e. The minimum atomic E-state index is -0.640. The normalized spacial score (nSPS) is 12.0. The van der Waals surface area contributed by atoms with Crippen LogP contribution in [0, 0.1) is 5.92 Å². The number of benzene rings is 1. The van der Waals surface area contributed by atoms with E-state index in [1.54, 1.807) is 0 Å². The highest BCUT2D eigenvalue weighted by Gasteiger charge is 2.24. The van der Waals surface area contributed by atoms with Crippen molar-refractivity contribution in [3.63, 3.8) is 0 Å². The van der Waals surface area contributed by atoms with Crippen LogP contribution in [0.15, 0.2) is 47.8 Å². The second kappa shape index (κ2) is 7.75.